The number of ether oxygens (including phenoxy) is 2. The van der Waals surface area contributed by atoms with Crippen LogP contribution in [0.2, 0.25) is 0 Å². The number of hydrogen-bond donors (Lipinski definition) is 1. The predicted molar refractivity (Wildman–Crippen MR) is 66.8 cm³/mol. The molecule has 96 valence electrons. The summed E-state index contributed by atoms with van der Waals surface area (Å²) in [7, 11) is 0. The van der Waals surface area contributed by atoms with Crippen molar-refractivity contribution < 1.29 is 9.47 Å². The van der Waals surface area contributed by atoms with E-state index in [1.807, 2.05) is 6.92 Å². The van der Waals surface area contributed by atoms with Gasteiger partial charge in [0.15, 0.2) is 0 Å². The van der Waals surface area contributed by atoms with Crippen molar-refractivity contribution >= 4 is 0 Å². The summed E-state index contributed by atoms with van der Waals surface area (Å²) < 4.78 is 11.1. The molecule has 1 N–H and O–H groups in total. The quantitative estimate of drug-likeness (QED) is 0.616. The molecule has 16 heavy (non-hydrogen) atoms. The highest BCUT2D eigenvalue weighted by Crippen LogP contribution is 2.20. The van der Waals surface area contributed by atoms with Crippen molar-refractivity contribution in [3.05, 3.63) is 0 Å². The van der Waals surface area contributed by atoms with E-state index in [1.165, 1.54) is 25.7 Å². The zero-order valence-electron chi connectivity index (χ0n) is 10.8. The lowest BCUT2D eigenvalue weighted by Crippen LogP contribution is -2.32. The van der Waals surface area contributed by atoms with Gasteiger partial charge in [0.05, 0.1) is 12.7 Å². The molecule has 0 aromatic heterocycles. The number of rotatable bonds is 9. The van der Waals surface area contributed by atoms with Crippen molar-refractivity contribution in [1.82, 2.24) is 5.32 Å². The van der Waals surface area contributed by atoms with Crippen LogP contribution < -0.4 is 5.32 Å². The third-order valence-corrected chi connectivity index (χ3v) is 3.04. The average Bonchev–Trinajstić information content (AvgIpc) is 2.79. The van der Waals surface area contributed by atoms with E-state index in [-0.39, 0.29) is 0 Å². The molecule has 3 heteroatoms. The van der Waals surface area contributed by atoms with Crippen LogP contribution in [-0.4, -0.2) is 38.5 Å². The van der Waals surface area contributed by atoms with E-state index in [0.717, 1.165) is 32.8 Å². The van der Waals surface area contributed by atoms with E-state index < -0.39 is 0 Å². The standard InChI is InChI=1S/C13H27NO2/c1-3-15-11-12(2)14-9-6-10-16-13-7-4-5-8-13/h12-14H,3-11H2,1-2H3. The molecule has 0 bridgehead atoms. The van der Waals surface area contributed by atoms with Crippen LogP contribution in [0.25, 0.3) is 0 Å². The van der Waals surface area contributed by atoms with Crippen LogP contribution in [0.1, 0.15) is 46.0 Å². The molecular weight excluding hydrogens is 202 g/mol. The highest BCUT2D eigenvalue weighted by Gasteiger charge is 2.14. The molecule has 0 spiro atoms. The lowest BCUT2D eigenvalue weighted by atomic mass is 10.3. The second kappa shape index (κ2) is 8.97. The van der Waals surface area contributed by atoms with E-state index in [4.69, 9.17) is 9.47 Å². The van der Waals surface area contributed by atoms with Crippen LogP contribution in [-0.2, 0) is 9.47 Å². The molecule has 0 saturated heterocycles. The van der Waals surface area contributed by atoms with Crippen molar-refractivity contribution in [2.75, 3.05) is 26.4 Å². The van der Waals surface area contributed by atoms with E-state index in [2.05, 4.69) is 12.2 Å². The van der Waals surface area contributed by atoms with Gasteiger partial charge in [0.2, 0.25) is 0 Å². The molecule has 1 rings (SSSR count). The Morgan fingerprint density at radius 2 is 2.06 bits per heavy atom. The fourth-order valence-corrected chi connectivity index (χ4v) is 2.08. The molecule has 0 amide bonds. The largest absolute Gasteiger partial charge is 0.380 e. The van der Waals surface area contributed by atoms with Crippen LogP contribution >= 0.6 is 0 Å². The monoisotopic (exact) mass is 229 g/mol. The topological polar surface area (TPSA) is 30.5 Å². The van der Waals surface area contributed by atoms with Gasteiger partial charge in [-0.15, -0.1) is 0 Å². The van der Waals surface area contributed by atoms with Crippen LogP contribution in [0, 0.1) is 0 Å². The first-order valence-corrected chi connectivity index (χ1v) is 6.75. The zero-order chi connectivity index (χ0) is 11.6. The van der Waals surface area contributed by atoms with Gasteiger partial charge in [-0.25, -0.2) is 0 Å². The fraction of sp³-hybridized carbons (Fsp3) is 1.00. The summed E-state index contributed by atoms with van der Waals surface area (Å²) in [5.74, 6) is 0. The molecule has 1 unspecified atom stereocenters. The van der Waals surface area contributed by atoms with Gasteiger partial charge in [-0.05, 0) is 39.7 Å². The maximum Gasteiger partial charge on any atom is 0.0616 e. The number of nitrogens with one attached hydrogen (secondary N) is 1. The predicted octanol–water partition coefficient (Wildman–Crippen LogP) is 2.35. The van der Waals surface area contributed by atoms with E-state index >= 15 is 0 Å². The van der Waals surface area contributed by atoms with E-state index in [1.54, 1.807) is 0 Å². The fourth-order valence-electron chi connectivity index (χ4n) is 2.08. The molecule has 3 nitrogen and oxygen atoms in total. The van der Waals surface area contributed by atoms with Gasteiger partial charge in [-0.3, -0.25) is 0 Å². The average molecular weight is 229 g/mol. The Balaban J connectivity index is 1.83. The molecule has 0 aromatic rings. The van der Waals surface area contributed by atoms with Crippen molar-refractivity contribution in [2.45, 2.75) is 58.1 Å². The van der Waals surface area contributed by atoms with Gasteiger partial charge in [0.1, 0.15) is 0 Å². The molecule has 1 saturated carbocycles. The van der Waals surface area contributed by atoms with Gasteiger partial charge >= 0.3 is 0 Å². The third kappa shape index (κ3) is 6.46. The normalized spacial score (nSPS) is 19.1. The molecule has 0 aliphatic heterocycles. The Labute approximate surface area is 99.9 Å². The number of hydrogen-bond acceptors (Lipinski definition) is 3. The summed E-state index contributed by atoms with van der Waals surface area (Å²) in [4.78, 5) is 0. The third-order valence-electron chi connectivity index (χ3n) is 3.04. The van der Waals surface area contributed by atoms with Gasteiger partial charge < -0.3 is 14.8 Å². The minimum Gasteiger partial charge on any atom is -0.380 e. The summed E-state index contributed by atoms with van der Waals surface area (Å²) in [5.41, 5.74) is 0. The second-order valence-electron chi connectivity index (χ2n) is 4.65. The first-order valence-electron chi connectivity index (χ1n) is 6.75. The summed E-state index contributed by atoms with van der Waals surface area (Å²) in [5, 5.41) is 3.44. The maximum absolute atomic E-state index is 5.79. The Morgan fingerprint density at radius 1 is 1.31 bits per heavy atom. The molecule has 1 aliphatic rings. The molecular formula is C13H27NO2. The molecule has 0 heterocycles. The van der Waals surface area contributed by atoms with Crippen molar-refractivity contribution in [2.24, 2.45) is 0 Å². The van der Waals surface area contributed by atoms with Gasteiger partial charge in [-0.2, -0.15) is 0 Å². The maximum atomic E-state index is 5.79. The van der Waals surface area contributed by atoms with Crippen LogP contribution in [0.4, 0.5) is 0 Å². The molecule has 1 atom stereocenters. The second-order valence-corrected chi connectivity index (χ2v) is 4.65. The Kier molecular flexibility index (Phi) is 7.81. The Bertz CT molecular complexity index is 158. The summed E-state index contributed by atoms with van der Waals surface area (Å²) in [6.07, 6.45) is 6.92. The van der Waals surface area contributed by atoms with Gasteiger partial charge in [0.25, 0.3) is 0 Å². The zero-order valence-corrected chi connectivity index (χ0v) is 10.8. The summed E-state index contributed by atoms with van der Waals surface area (Å²) in [6, 6.07) is 0.450. The van der Waals surface area contributed by atoms with E-state index in [0.29, 0.717) is 12.1 Å². The minimum atomic E-state index is 0.450. The molecule has 1 aliphatic carbocycles. The summed E-state index contributed by atoms with van der Waals surface area (Å²) in [6.45, 7) is 7.73. The molecule has 1 fully saturated rings. The van der Waals surface area contributed by atoms with Gasteiger partial charge in [-0.1, -0.05) is 12.8 Å². The van der Waals surface area contributed by atoms with Crippen LogP contribution in [0.3, 0.4) is 0 Å². The van der Waals surface area contributed by atoms with Crippen LogP contribution in [0.5, 0.6) is 0 Å². The van der Waals surface area contributed by atoms with Crippen molar-refractivity contribution in [1.29, 1.82) is 0 Å². The van der Waals surface area contributed by atoms with Gasteiger partial charge in [0, 0.05) is 19.3 Å². The smallest absolute Gasteiger partial charge is 0.0616 e. The van der Waals surface area contributed by atoms with Crippen LogP contribution in [0.15, 0.2) is 0 Å². The highest BCUT2D eigenvalue weighted by molar-refractivity contribution is 4.66. The lowest BCUT2D eigenvalue weighted by Gasteiger charge is -2.14. The molecule has 0 aromatic carbocycles. The summed E-state index contributed by atoms with van der Waals surface area (Å²) >= 11 is 0. The SMILES string of the molecule is CCOCC(C)NCCCOC1CCCC1. The molecule has 0 radical (unpaired) electrons. The van der Waals surface area contributed by atoms with Crippen molar-refractivity contribution in [3.63, 3.8) is 0 Å². The van der Waals surface area contributed by atoms with Crippen molar-refractivity contribution in [3.8, 4) is 0 Å². The highest BCUT2D eigenvalue weighted by atomic mass is 16.5. The van der Waals surface area contributed by atoms with E-state index in [9.17, 15) is 0 Å². The Hall–Kier alpha value is -0.120. The first-order chi connectivity index (χ1) is 7.83. The lowest BCUT2D eigenvalue weighted by molar-refractivity contribution is 0.0558. The first kappa shape index (κ1) is 13.9. The Morgan fingerprint density at radius 3 is 2.75 bits per heavy atom. The minimum absolute atomic E-state index is 0.450.